The van der Waals surface area contributed by atoms with Crippen molar-refractivity contribution in [1.29, 1.82) is 5.26 Å². The van der Waals surface area contributed by atoms with E-state index in [-0.39, 0.29) is 37.2 Å². The van der Waals surface area contributed by atoms with Crippen LogP contribution in [0.5, 0.6) is 0 Å². The normalized spacial score (nSPS) is 10.4. The Kier molecular flexibility index (Phi) is 3.60. The number of anilines is 1. The molecule has 18 heavy (non-hydrogen) atoms. The van der Waals surface area contributed by atoms with Crippen molar-refractivity contribution in [1.82, 2.24) is 9.78 Å². The molecule has 1 aromatic carbocycles. The molecule has 8 heteroatoms. The van der Waals surface area contributed by atoms with E-state index in [0.29, 0.717) is 0 Å². The van der Waals surface area contributed by atoms with Crippen LogP contribution in [-0.2, 0) is 0 Å². The van der Waals surface area contributed by atoms with E-state index in [2.05, 4.69) is 5.10 Å². The van der Waals surface area contributed by atoms with Crippen molar-refractivity contribution in [3.63, 3.8) is 0 Å². The average molecular weight is 322 g/mol. The summed E-state index contributed by atoms with van der Waals surface area (Å²) in [5, 5.41) is 13.5. The van der Waals surface area contributed by atoms with Crippen LogP contribution in [0.4, 0.5) is 5.82 Å². The molecule has 2 aromatic rings. The smallest absolute Gasteiger partial charge is 0.145 e. The van der Waals surface area contributed by atoms with Crippen LogP contribution in [-0.4, -0.2) is 9.78 Å². The van der Waals surface area contributed by atoms with Crippen molar-refractivity contribution in [2.75, 3.05) is 5.73 Å². The molecule has 0 aliphatic rings. The van der Waals surface area contributed by atoms with Gasteiger partial charge in [-0.15, -0.1) is 0 Å². The van der Waals surface area contributed by atoms with E-state index in [1.54, 1.807) is 0 Å². The second-order valence-electron chi connectivity index (χ2n) is 3.28. The van der Waals surface area contributed by atoms with Gasteiger partial charge in [0.25, 0.3) is 0 Å². The fourth-order valence-electron chi connectivity index (χ4n) is 1.37. The number of nitriles is 1. The quantitative estimate of drug-likeness (QED) is 0.639. The van der Waals surface area contributed by atoms with Crippen molar-refractivity contribution in [2.45, 2.75) is 0 Å². The zero-order chi connectivity index (χ0) is 13.4. The van der Waals surface area contributed by atoms with Crippen molar-refractivity contribution >= 4 is 52.2 Å². The van der Waals surface area contributed by atoms with Crippen molar-refractivity contribution < 1.29 is 0 Å². The van der Waals surface area contributed by atoms with Crippen molar-refractivity contribution in [3.05, 3.63) is 37.9 Å². The molecule has 0 amide bonds. The number of hydrogen-bond acceptors (Lipinski definition) is 3. The van der Waals surface area contributed by atoms with Crippen LogP contribution in [0.15, 0.2) is 12.3 Å². The van der Waals surface area contributed by atoms with Gasteiger partial charge in [0, 0.05) is 0 Å². The largest absolute Gasteiger partial charge is 0.382 e. The van der Waals surface area contributed by atoms with Gasteiger partial charge in [-0.2, -0.15) is 10.4 Å². The number of nitrogen functional groups attached to an aromatic ring is 1. The molecule has 0 unspecified atom stereocenters. The number of halogens is 4. The summed E-state index contributed by atoms with van der Waals surface area (Å²) in [5.41, 5.74) is 6.26. The molecule has 0 saturated heterocycles. The molecule has 0 spiro atoms. The minimum Gasteiger partial charge on any atom is -0.382 e. The van der Waals surface area contributed by atoms with Crippen LogP contribution < -0.4 is 5.73 Å². The molecule has 2 N–H and O–H groups in total. The van der Waals surface area contributed by atoms with E-state index < -0.39 is 0 Å². The highest BCUT2D eigenvalue weighted by Gasteiger charge is 2.19. The van der Waals surface area contributed by atoms with Gasteiger partial charge in [-0.1, -0.05) is 46.4 Å². The lowest BCUT2D eigenvalue weighted by Gasteiger charge is -2.11. The van der Waals surface area contributed by atoms with Gasteiger partial charge in [0.15, 0.2) is 0 Å². The molecular weight excluding hydrogens is 318 g/mol. The molecule has 0 atom stereocenters. The van der Waals surface area contributed by atoms with E-state index in [1.807, 2.05) is 6.07 Å². The Labute approximate surface area is 122 Å². The number of benzene rings is 1. The van der Waals surface area contributed by atoms with Crippen LogP contribution >= 0.6 is 46.4 Å². The van der Waals surface area contributed by atoms with E-state index in [4.69, 9.17) is 57.4 Å². The third kappa shape index (κ3) is 2.00. The Balaban J connectivity index is 2.76. The van der Waals surface area contributed by atoms with Gasteiger partial charge in [0.2, 0.25) is 0 Å². The number of nitrogens with zero attached hydrogens (tertiary/aromatic N) is 3. The third-order valence-corrected chi connectivity index (χ3v) is 3.77. The van der Waals surface area contributed by atoms with E-state index >= 15 is 0 Å². The van der Waals surface area contributed by atoms with E-state index in [1.165, 1.54) is 16.9 Å². The van der Waals surface area contributed by atoms with E-state index in [0.717, 1.165) is 0 Å². The zero-order valence-electron chi connectivity index (χ0n) is 8.59. The Bertz CT molecular complexity index is 671. The van der Waals surface area contributed by atoms with Crippen LogP contribution in [0, 0.1) is 11.3 Å². The first-order chi connectivity index (χ1) is 8.47. The minimum atomic E-state index is 0.119. The van der Waals surface area contributed by atoms with Gasteiger partial charge < -0.3 is 5.73 Å². The van der Waals surface area contributed by atoms with Crippen LogP contribution in [0.25, 0.3) is 5.69 Å². The van der Waals surface area contributed by atoms with Crippen LogP contribution in [0.2, 0.25) is 20.1 Å². The summed E-state index contributed by atoms with van der Waals surface area (Å²) >= 11 is 23.9. The molecule has 92 valence electrons. The summed E-state index contributed by atoms with van der Waals surface area (Å²) in [6.07, 6.45) is 1.31. The topological polar surface area (TPSA) is 67.6 Å². The summed E-state index contributed by atoms with van der Waals surface area (Å²) in [6, 6.07) is 3.33. The summed E-state index contributed by atoms with van der Waals surface area (Å²) < 4.78 is 1.24. The SMILES string of the molecule is N#Cc1cnn(-c2c(Cl)cc(Cl)c(Cl)c2Cl)c1N. The molecule has 2 rings (SSSR count). The third-order valence-electron chi connectivity index (χ3n) is 2.23. The van der Waals surface area contributed by atoms with Crippen molar-refractivity contribution in [2.24, 2.45) is 0 Å². The van der Waals surface area contributed by atoms with E-state index in [9.17, 15) is 0 Å². The predicted octanol–water partition coefficient (Wildman–Crippen LogP) is 3.94. The van der Waals surface area contributed by atoms with Gasteiger partial charge in [-0.05, 0) is 6.07 Å². The Morgan fingerprint density at radius 3 is 2.39 bits per heavy atom. The second-order valence-corrected chi connectivity index (χ2v) is 4.85. The fraction of sp³-hybridized carbons (Fsp3) is 0. The number of rotatable bonds is 1. The summed E-state index contributed by atoms with van der Waals surface area (Å²) in [4.78, 5) is 0. The Hall–Kier alpha value is -1.12. The zero-order valence-corrected chi connectivity index (χ0v) is 11.6. The molecule has 1 heterocycles. The van der Waals surface area contributed by atoms with Gasteiger partial charge in [-0.25, -0.2) is 4.68 Å². The maximum atomic E-state index is 8.82. The number of nitrogens with two attached hydrogens (primary N) is 1. The lowest BCUT2D eigenvalue weighted by molar-refractivity contribution is 0.892. The van der Waals surface area contributed by atoms with Crippen LogP contribution in [0.1, 0.15) is 5.56 Å². The first-order valence-corrected chi connectivity index (χ1v) is 6.05. The first-order valence-electron chi connectivity index (χ1n) is 4.54. The fourth-order valence-corrected chi connectivity index (χ4v) is 2.44. The summed E-state index contributed by atoms with van der Waals surface area (Å²) in [7, 11) is 0. The monoisotopic (exact) mass is 320 g/mol. The highest BCUT2D eigenvalue weighted by molar-refractivity contribution is 6.50. The highest BCUT2D eigenvalue weighted by atomic mass is 35.5. The molecule has 0 aliphatic carbocycles. The van der Waals surface area contributed by atoms with Crippen LogP contribution in [0.3, 0.4) is 0 Å². The highest BCUT2D eigenvalue weighted by Crippen LogP contribution is 2.40. The van der Waals surface area contributed by atoms with Crippen molar-refractivity contribution in [3.8, 4) is 11.8 Å². The summed E-state index contributed by atoms with van der Waals surface area (Å²) in [5.74, 6) is 0.125. The van der Waals surface area contributed by atoms with Gasteiger partial charge in [0.1, 0.15) is 23.1 Å². The lowest BCUT2D eigenvalue weighted by Crippen LogP contribution is -2.04. The molecular formula is C10H4Cl4N4. The molecule has 0 bridgehead atoms. The molecule has 4 nitrogen and oxygen atoms in total. The molecule has 0 fully saturated rings. The molecule has 0 saturated carbocycles. The summed E-state index contributed by atoms with van der Waals surface area (Å²) in [6.45, 7) is 0. The first kappa shape index (κ1) is 13.3. The maximum Gasteiger partial charge on any atom is 0.145 e. The number of aromatic nitrogens is 2. The Morgan fingerprint density at radius 1 is 1.17 bits per heavy atom. The minimum absolute atomic E-state index is 0.119. The van der Waals surface area contributed by atoms with Gasteiger partial charge in [-0.3, -0.25) is 0 Å². The van der Waals surface area contributed by atoms with Gasteiger partial charge >= 0.3 is 0 Å². The maximum absolute atomic E-state index is 8.82. The molecule has 0 radical (unpaired) electrons. The second kappa shape index (κ2) is 4.87. The van der Waals surface area contributed by atoms with Gasteiger partial charge in [0.05, 0.1) is 26.3 Å². The molecule has 0 aliphatic heterocycles. The number of hydrogen-bond donors (Lipinski definition) is 1. The lowest BCUT2D eigenvalue weighted by atomic mass is 10.3. The average Bonchev–Trinajstić information content (AvgIpc) is 2.68. The molecule has 1 aromatic heterocycles. The Morgan fingerprint density at radius 2 is 1.83 bits per heavy atom. The standard InChI is InChI=1S/C10H4Cl4N4/c11-5-1-6(12)9(8(14)7(5)13)18-10(16)4(2-15)3-17-18/h1,3H,16H2. The predicted molar refractivity (Wildman–Crippen MR) is 72.7 cm³/mol.